The lowest BCUT2D eigenvalue weighted by atomic mass is 10.1. The molecule has 9 heteroatoms. The van der Waals surface area contributed by atoms with Gasteiger partial charge in [0, 0.05) is 16.7 Å². The SMILES string of the molecule is Cc1nc(NC(=O)c2oc3ccccc3c2CSc2cccs2)sc1SCC#N. The molecule has 0 spiro atoms. The molecule has 0 saturated carbocycles. The van der Waals surface area contributed by atoms with Gasteiger partial charge in [-0.1, -0.05) is 47.4 Å². The fourth-order valence-electron chi connectivity index (χ4n) is 2.74. The first-order valence-corrected chi connectivity index (χ1v) is 12.3. The van der Waals surface area contributed by atoms with Gasteiger partial charge in [-0.15, -0.1) is 23.1 Å². The van der Waals surface area contributed by atoms with E-state index in [4.69, 9.17) is 9.68 Å². The molecule has 0 aliphatic heterocycles. The van der Waals surface area contributed by atoms with Gasteiger partial charge in [-0.05, 0) is 24.4 Å². The first-order chi connectivity index (χ1) is 14.2. The van der Waals surface area contributed by atoms with Crippen LogP contribution in [0.15, 0.2) is 54.6 Å². The lowest BCUT2D eigenvalue weighted by molar-refractivity contribution is 0.0998. The van der Waals surface area contributed by atoms with E-state index in [0.29, 0.717) is 28.0 Å². The number of thiophene rings is 1. The van der Waals surface area contributed by atoms with E-state index < -0.39 is 0 Å². The Hall–Kier alpha value is -2.25. The number of carbonyl (C=O) groups excluding carboxylic acids is 1. The van der Waals surface area contributed by atoms with Crippen molar-refractivity contribution in [2.75, 3.05) is 11.1 Å². The van der Waals surface area contributed by atoms with E-state index in [9.17, 15) is 4.79 Å². The van der Waals surface area contributed by atoms with Crippen molar-refractivity contribution in [2.45, 2.75) is 21.1 Å². The van der Waals surface area contributed by atoms with Gasteiger partial charge in [-0.3, -0.25) is 10.1 Å². The first kappa shape index (κ1) is 20.0. The van der Waals surface area contributed by atoms with Gasteiger partial charge >= 0.3 is 0 Å². The van der Waals surface area contributed by atoms with Crippen molar-refractivity contribution < 1.29 is 9.21 Å². The van der Waals surface area contributed by atoms with Crippen molar-refractivity contribution in [3.63, 3.8) is 0 Å². The molecule has 146 valence electrons. The highest BCUT2D eigenvalue weighted by atomic mass is 32.2. The molecule has 0 aliphatic carbocycles. The van der Waals surface area contributed by atoms with E-state index in [-0.39, 0.29) is 5.91 Å². The van der Waals surface area contributed by atoms with Crippen LogP contribution in [-0.4, -0.2) is 16.6 Å². The molecule has 4 rings (SSSR count). The Balaban J connectivity index is 1.60. The fourth-order valence-corrected chi connectivity index (χ4v) is 6.34. The number of fused-ring (bicyclic) bond motifs is 1. The van der Waals surface area contributed by atoms with Crippen LogP contribution in [0.25, 0.3) is 11.0 Å². The number of rotatable bonds is 7. The second-order valence-corrected chi connectivity index (χ2v) is 10.4. The van der Waals surface area contributed by atoms with Gasteiger partial charge in [0.1, 0.15) is 5.58 Å². The molecule has 0 atom stereocenters. The maximum atomic E-state index is 13.0. The summed E-state index contributed by atoms with van der Waals surface area (Å²) < 4.78 is 8.03. The second-order valence-electron chi connectivity index (χ2n) is 5.92. The van der Waals surface area contributed by atoms with Crippen LogP contribution >= 0.6 is 46.2 Å². The number of para-hydroxylation sites is 1. The molecule has 0 bridgehead atoms. The standard InChI is InChI=1S/C20H15N3O2S4/c1-12-19(27-10-8-21)29-20(22-12)23-18(24)17-14(11-28-16-7-4-9-26-16)13-5-2-3-6-15(13)25-17/h2-7,9H,10-11H2,1H3,(H,22,23,24). The number of carbonyl (C=O) groups is 1. The number of aryl methyl sites for hydroxylation is 1. The van der Waals surface area contributed by atoms with E-state index in [1.165, 1.54) is 27.3 Å². The van der Waals surface area contributed by atoms with Crippen molar-refractivity contribution >= 4 is 68.2 Å². The normalized spacial score (nSPS) is 10.9. The zero-order valence-corrected chi connectivity index (χ0v) is 18.6. The monoisotopic (exact) mass is 457 g/mol. The summed E-state index contributed by atoms with van der Waals surface area (Å²) in [7, 11) is 0. The van der Waals surface area contributed by atoms with Crippen LogP contribution in [0.4, 0.5) is 5.13 Å². The lowest BCUT2D eigenvalue weighted by Gasteiger charge is -2.03. The summed E-state index contributed by atoms with van der Waals surface area (Å²) in [5, 5.41) is 15.1. The molecule has 0 fully saturated rings. The van der Waals surface area contributed by atoms with Crippen LogP contribution in [0.1, 0.15) is 21.8 Å². The summed E-state index contributed by atoms with van der Waals surface area (Å²) in [6, 6.07) is 13.9. The lowest BCUT2D eigenvalue weighted by Crippen LogP contribution is -2.12. The third kappa shape index (κ3) is 4.51. The van der Waals surface area contributed by atoms with E-state index in [1.807, 2.05) is 42.6 Å². The molecular weight excluding hydrogens is 443 g/mol. The molecule has 1 N–H and O–H groups in total. The van der Waals surface area contributed by atoms with Crippen molar-refractivity contribution in [3.8, 4) is 6.07 Å². The van der Waals surface area contributed by atoms with Crippen molar-refractivity contribution in [2.24, 2.45) is 0 Å². The summed E-state index contributed by atoms with van der Waals surface area (Å²) in [5.74, 6) is 0.993. The number of anilines is 1. The van der Waals surface area contributed by atoms with E-state index in [0.717, 1.165) is 20.9 Å². The number of nitriles is 1. The van der Waals surface area contributed by atoms with Crippen LogP contribution < -0.4 is 5.32 Å². The third-order valence-electron chi connectivity index (χ3n) is 4.00. The quantitative estimate of drug-likeness (QED) is 0.323. The van der Waals surface area contributed by atoms with Gasteiger partial charge in [-0.25, -0.2) is 4.98 Å². The van der Waals surface area contributed by atoms with Crippen LogP contribution in [0.2, 0.25) is 0 Å². The molecule has 0 radical (unpaired) electrons. The Morgan fingerprint density at radius 2 is 2.14 bits per heavy atom. The van der Waals surface area contributed by atoms with Crippen molar-refractivity contribution in [1.82, 2.24) is 4.98 Å². The predicted octanol–water partition coefficient (Wildman–Crippen LogP) is 6.42. The van der Waals surface area contributed by atoms with Crippen LogP contribution in [0.3, 0.4) is 0 Å². The summed E-state index contributed by atoms with van der Waals surface area (Å²) >= 11 is 6.15. The maximum Gasteiger partial charge on any atom is 0.293 e. The number of aromatic nitrogens is 1. The average Bonchev–Trinajstić information content (AvgIpc) is 3.43. The minimum Gasteiger partial charge on any atom is -0.451 e. The average molecular weight is 458 g/mol. The minimum absolute atomic E-state index is 0.312. The highest BCUT2D eigenvalue weighted by Crippen LogP contribution is 2.35. The zero-order chi connectivity index (χ0) is 20.2. The Kier molecular flexibility index (Phi) is 6.25. The minimum atomic E-state index is -0.312. The molecule has 1 amide bonds. The van der Waals surface area contributed by atoms with Crippen molar-refractivity contribution in [3.05, 3.63) is 58.8 Å². The number of nitrogens with one attached hydrogen (secondary N) is 1. The van der Waals surface area contributed by atoms with Gasteiger partial charge in [-0.2, -0.15) is 5.26 Å². The largest absolute Gasteiger partial charge is 0.451 e. The third-order valence-corrected chi connectivity index (χ3v) is 8.46. The topological polar surface area (TPSA) is 78.9 Å². The first-order valence-electron chi connectivity index (χ1n) is 8.61. The van der Waals surface area contributed by atoms with Crippen molar-refractivity contribution in [1.29, 1.82) is 5.26 Å². The summed E-state index contributed by atoms with van der Waals surface area (Å²) in [6.45, 7) is 1.87. The summed E-state index contributed by atoms with van der Waals surface area (Å²) in [6.07, 6.45) is 0. The highest BCUT2D eigenvalue weighted by molar-refractivity contribution is 8.01. The smallest absolute Gasteiger partial charge is 0.293 e. The highest BCUT2D eigenvalue weighted by Gasteiger charge is 2.22. The molecule has 0 unspecified atom stereocenters. The fraction of sp³-hybridized carbons (Fsp3) is 0.150. The van der Waals surface area contributed by atoms with E-state index in [1.54, 1.807) is 23.1 Å². The Bertz CT molecular complexity index is 1190. The molecule has 4 aromatic rings. The summed E-state index contributed by atoms with van der Waals surface area (Å²) in [4.78, 5) is 17.4. The Labute approximate surface area is 184 Å². The Morgan fingerprint density at radius 3 is 2.93 bits per heavy atom. The molecule has 0 aliphatic rings. The predicted molar refractivity (Wildman–Crippen MR) is 121 cm³/mol. The van der Waals surface area contributed by atoms with E-state index in [2.05, 4.69) is 22.4 Å². The Morgan fingerprint density at radius 1 is 1.28 bits per heavy atom. The van der Waals surface area contributed by atoms with Crippen LogP contribution in [-0.2, 0) is 5.75 Å². The molecule has 5 nitrogen and oxygen atoms in total. The second kappa shape index (κ2) is 9.05. The number of thioether (sulfide) groups is 2. The molecule has 3 aromatic heterocycles. The van der Waals surface area contributed by atoms with E-state index >= 15 is 0 Å². The number of benzene rings is 1. The zero-order valence-electron chi connectivity index (χ0n) is 15.3. The van der Waals surface area contributed by atoms with Crippen LogP contribution in [0.5, 0.6) is 0 Å². The maximum absolute atomic E-state index is 13.0. The van der Waals surface area contributed by atoms with Gasteiger partial charge < -0.3 is 4.42 Å². The van der Waals surface area contributed by atoms with Crippen LogP contribution in [0, 0.1) is 18.3 Å². The number of nitrogens with zero attached hydrogens (tertiary/aromatic N) is 2. The summed E-state index contributed by atoms with van der Waals surface area (Å²) in [5.41, 5.74) is 2.38. The van der Waals surface area contributed by atoms with Gasteiger partial charge in [0.05, 0.1) is 25.9 Å². The van der Waals surface area contributed by atoms with Gasteiger partial charge in [0.25, 0.3) is 5.91 Å². The molecule has 29 heavy (non-hydrogen) atoms. The van der Waals surface area contributed by atoms with Gasteiger partial charge in [0.15, 0.2) is 10.9 Å². The number of hydrogen-bond acceptors (Lipinski definition) is 8. The number of furan rings is 1. The number of hydrogen-bond donors (Lipinski definition) is 1. The number of amides is 1. The molecular formula is C20H15N3O2S4. The molecule has 0 saturated heterocycles. The molecule has 1 aromatic carbocycles. The molecule has 3 heterocycles. The van der Waals surface area contributed by atoms with Gasteiger partial charge in [0.2, 0.25) is 0 Å². The number of thiazole rings is 1.